The SMILES string of the molecule is CC(C)(C)OC(=O)N1CCc2cccc3ccn(c23)CC1. The van der Waals surface area contributed by atoms with Crippen molar-refractivity contribution in [3.05, 3.63) is 36.0 Å². The molecular formula is C17H22N2O2. The van der Waals surface area contributed by atoms with Crippen molar-refractivity contribution >= 4 is 17.0 Å². The van der Waals surface area contributed by atoms with Gasteiger partial charge in [0.25, 0.3) is 0 Å². The molecular weight excluding hydrogens is 264 g/mol. The third kappa shape index (κ3) is 2.89. The van der Waals surface area contributed by atoms with Crippen molar-refractivity contribution in [3.63, 3.8) is 0 Å². The topological polar surface area (TPSA) is 34.5 Å². The van der Waals surface area contributed by atoms with Crippen molar-refractivity contribution < 1.29 is 9.53 Å². The van der Waals surface area contributed by atoms with Gasteiger partial charge in [0, 0.05) is 25.8 Å². The van der Waals surface area contributed by atoms with Gasteiger partial charge in [0.05, 0.1) is 5.52 Å². The number of amides is 1. The summed E-state index contributed by atoms with van der Waals surface area (Å²) in [6.07, 6.45) is 2.75. The highest BCUT2D eigenvalue weighted by Gasteiger charge is 2.23. The fourth-order valence-corrected chi connectivity index (χ4v) is 2.83. The summed E-state index contributed by atoms with van der Waals surface area (Å²) in [6, 6.07) is 8.52. The van der Waals surface area contributed by atoms with E-state index < -0.39 is 5.60 Å². The lowest BCUT2D eigenvalue weighted by molar-refractivity contribution is 0.0244. The van der Waals surface area contributed by atoms with E-state index in [4.69, 9.17) is 4.74 Å². The van der Waals surface area contributed by atoms with Crippen LogP contribution >= 0.6 is 0 Å². The average molecular weight is 286 g/mol. The summed E-state index contributed by atoms with van der Waals surface area (Å²) in [5, 5.41) is 1.28. The van der Waals surface area contributed by atoms with Crippen LogP contribution in [0.25, 0.3) is 10.9 Å². The van der Waals surface area contributed by atoms with Gasteiger partial charge in [-0.05, 0) is 44.2 Å². The second kappa shape index (κ2) is 5.10. The minimum Gasteiger partial charge on any atom is -0.444 e. The van der Waals surface area contributed by atoms with Crippen LogP contribution in [0.4, 0.5) is 4.79 Å². The summed E-state index contributed by atoms with van der Waals surface area (Å²) >= 11 is 0. The molecule has 0 radical (unpaired) electrons. The van der Waals surface area contributed by atoms with E-state index in [1.54, 1.807) is 0 Å². The van der Waals surface area contributed by atoms with Gasteiger partial charge in [-0.2, -0.15) is 0 Å². The first kappa shape index (κ1) is 14.0. The Balaban J connectivity index is 1.83. The minimum atomic E-state index is -0.446. The quantitative estimate of drug-likeness (QED) is 0.743. The number of hydrogen-bond donors (Lipinski definition) is 0. The number of ether oxygens (including phenoxy) is 1. The monoisotopic (exact) mass is 286 g/mol. The molecule has 0 aliphatic carbocycles. The van der Waals surface area contributed by atoms with Crippen molar-refractivity contribution in [2.45, 2.75) is 39.3 Å². The van der Waals surface area contributed by atoms with Gasteiger partial charge < -0.3 is 14.2 Å². The lowest BCUT2D eigenvalue weighted by atomic mass is 10.1. The number of para-hydroxylation sites is 1. The largest absolute Gasteiger partial charge is 0.444 e. The fraction of sp³-hybridized carbons (Fsp3) is 0.471. The molecule has 1 aromatic heterocycles. The van der Waals surface area contributed by atoms with E-state index >= 15 is 0 Å². The van der Waals surface area contributed by atoms with E-state index in [1.165, 1.54) is 16.5 Å². The van der Waals surface area contributed by atoms with Crippen molar-refractivity contribution in [1.29, 1.82) is 0 Å². The van der Waals surface area contributed by atoms with Gasteiger partial charge in [0.2, 0.25) is 0 Å². The summed E-state index contributed by atoms with van der Waals surface area (Å²) in [7, 11) is 0. The Morgan fingerprint density at radius 1 is 1.14 bits per heavy atom. The molecule has 0 saturated heterocycles. The zero-order chi connectivity index (χ0) is 15.0. The molecule has 112 valence electrons. The van der Waals surface area contributed by atoms with E-state index in [9.17, 15) is 4.79 Å². The molecule has 1 amide bonds. The Hall–Kier alpha value is -1.97. The highest BCUT2D eigenvalue weighted by atomic mass is 16.6. The zero-order valence-electron chi connectivity index (χ0n) is 12.9. The maximum atomic E-state index is 12.3. The maximum Gasteiger partial charge on any atom is 0.410 e. The maximum absolute atomic E-state index is 12.3. The predicted octanol–water partition coefficient (Wildman–Crippen LogP) is 3.43. The number of carbonyl (C=O) groups excluding carboxylic acids is 1. The lowest BCUT2D eigenvalue weighted by Crippen LogP contribution is -2.40. The highest BCUT2D eigenvalue weighted by Crippen LogP contribution is 2.23. The van der Waals surface area contributed by atoms with Crippen LogP contribution in [0.1, 0.15) is 26.3 Å². The normalized spacial score (nSPS) is 15.7. The van der Waals surface area contributed by atoms with E-state index in [0.717, 1.165) is 13.0 Å². The number of nitrogens with zero attached hydrogens (tertiary/aromatic N) is 2. The van der Waals surface area contributed by atoms with Gasteiger partial charge in [0.15, 0.2) is 0 Å². The summed E-state index contributed by atoms with van der Waals surface area (Å²) in [5.74, 6) is 0. The molecule has 4 heteroatoms. The van der Waals surface area contributed by atoms with Gasteiger partial charge in [-0.15, -0.1) is 0 Å². The molecule has 0 fully saturated rings. The number of carbonyl (C=O) groups is 1. The van der Waals surface area contributed by atoms with Crippen molar-refractivity contribution in [2.24, 2.45) is 0 Å². The Bertz CT molecular complexity index is 667. The molecule has 1 aromatic carbocycles. The smallest absolute Gasteiger partial charge is 0.410 e. The van der Waals surface area contributed by atoms with Gasteiger partial charge in [-0.25, -0.2) is 4.79 Å². The Morgan fingerprint density at radius 2 is 1.95 bits per heavy atom. The van der Waals surface area contributed by atoms with Gasteiger partial charge in [0.1, 0.15) is 5.60 Å². The summed E-state index contributed by atoms with van der Waals surface area (Å²) in [4.78, 5) is 14.1. The molecule has 2 heterocycles. The first-order chi connectivity index (χ1) is 9.94. The van der Waals surface area contributed by atoms with Gasteiger partial charge >= 0.3 is 6.09 Å². The third-order valence-corrected chi connectivity index (χ3v) is 3.79. The number of hydrogen-bond acceptors (Lipinski definition) is 2. The third-order valence-electron chi connectivity index (χ3n) is 3.79. The van der Waals surface area contributed by atoms with E-state index in [1.807, 2.05) is 25.7 Å². The fourth-order valence-electron chi connectivity index (χ4n) is 2.83. The number of aromatic nitrogens is 1. The Kier molecular flexibility index (Phi) is 3.40. The number of rotatable bonds is 0. The Morgan fingerprint density at radius 3 is 2.71 bits per heavy atom. The van der Waals surface area contributed by atoms with Crippen LogP contribution in [0.5, 0.6) is 0 Å². The molecule has 21 heavy (non-hydrogen) atoms. The first-order valence-electron chi connectivity index (χ1n) is 7.49. The summed E-state index contributed by atoms with van der Waals surface area (Å²) < 4.78 is 7.73. The molecule has 0 atom stereocenters. The second-order valence-corrected chi connectivity index (χ2v) is 6.58. The van der Waals surface area contributed by atoms with E-state index in [0.29, 0.717) is 13.1 Å². The van der Waals surface area contributed by atoms with Crippen LogP contribution in [0.15, 0.2) is 30.5 Å². The van der Waals surface area contributed by atoms with Gasteiger partial charge in [-0.1, -0.05) is 18.2 Å². The average Bonchev–Trinajstić information content (AvgIpc) is 2.77. The van der Waals surface area contributed by atoms with E-state index in [2.05, 4.69) is 35.0 Å². The van der Waals surface area contributed by atoms with Crippen LogP contribution in [0, 0.1) is 0 Å². The first-order valence-corrected chi connectivity index (χ1v) is 7.49. The molecule has 1 aliphatic rings. The molecule has 3 rings (SSSR count). The Labute approximate surface area is 125 Å². The van der Waals surface area contributed by atoms with Crippen molar-refractivity contribution in [1.82, 2.24) is 9.47 Å². The van der Waals surface area contributed by atoms with Crippen LogP contribution < -0.4 is 0 Å². The van der Waals surface area contributed by atoms with Crippen LogP contribution in [0.3, 0.4) is 0 Å². The standard InChI is InChI=1S/C17H22N2O2/c1-17(2,3)21-16(20)19-10-8-14-6-4-5-13-7-9-18(11-12-19)15(13)14/h4-7,9H,8,10-12H2,1-3H3. The number of benzene rings is 1. The molecule has 0 bridgehead atoms. The molecule has 0 N–H and O–H groups in total. The summed E-state index contributed by atoms with van der Waals surface area (Å²) in [6.45, 7) is 7.91. The molecule has 0 saturated carbocycles. The molecule has 4 nitrogen and oxygen atoms in total. The highest BCUT2D eigenvalue weighted by molar-refractivity contribution is 5.83. The van der Waals surface area contributed by atoms with Crippen LogP contribution in [-0.2, 0) is 17.7 Å². The molecule has 0 unspecified atom stereocenters. The second-order valence-electron chi connectivity index (χ2n) is 6.58. The molecule has 0 spiro atoms. The van der Waals surface area contributed by atoms with Crippen LogP contribution in [0.2, 0.25) is 0 Å². The summed E-state index contributed by atoms with van der Waals surface area (Å²) in [5.41, 5.74) is 2.16. The van der Waals surface area contributed by atoms with Crippen molar-refractivity contribution in [3.8, 4) is 0 Å². The van der Waals surface area contributed by atoms with Crippen LogP contribution in [-0.4, -0.2) is 34.3 Å². The lowest BCUT2D eigenvalue weighted by Gasteiger charge is -2.29. The van der Waals surface area contributed by atoms with E-state index in [-0.39, 0.29) is 6.09 Å². The van der Waals surface area contributed by atoms with Gasteiger partial charge in [-0.3, -0.25) is 0 Å². The predicted molar refractivity (Wildman–Crippen MR) is 83.4 cm³/mol. The zero-order valence-corrected chi connectivity index (χ0v) is 12.9. The molecule has 2 aromatic rings. The van der Waals surface area contributed by atoms with Crippen molar-refractivity contribution in [2.75, 3.05) is 13.1 Å². The molecule has 1 aliphatic heterocycles. The minimum absolute atomic E-state index is 0.217.